The summed E-state index contributed by atoms with van der Waals surface area (Å²) in [4.78, 5) is 19.9. The molecule has 1 aliphatic rings. The molecule has 1 aromatic carbocycles. The second-order valence-electron chi connectivity index (χ2n) is 6.00. The highest BCUT2D eigenvalue weighted by atomic mass is 35.5. The number of halogens is 1. The van der Waals surface area contributed by atoms with Gasteiger partial charge >= 0.3 is 0 Å². The summed E-state index contributed by atoms with van der Waals surface area (Å²) >= 11 is 6.03. The molecule has 1 aliphatic heterocycles. The maximum absolute atomic E-state index is 11.4. The Kier molecular flexibility index (Phi) is 5.06. The quantitative estimate of drug-likeness (QED) is 0.614. The number of pyridine rings is 1. The Morgan fingerprint density at radius 3 is 2.15 bits per heavy atom. The van der Waals surface area contributed by atoms with E-state index in [0.717, 1.165) is 18.8 Å². The van der Waals surface area contributed by atoms with Gasteiger partial charge in [0, 0.05) is 37.4 Å². The van der Waals surface area contributed by atoms with Crippen LogP contribution in [-0.4, -0.2) is 36.9 Å². The molecular weight excluding hydrogens is 350 g/mol. The molecule has 0 N–H and O–H groups in total. The minimum atomic E-state index is 0.0502. The Morgan fingerprint density at radius 1 is 1.04 bits per heavy atom. The van der Waals surface area contributed by atoms with Gasteiger partial charge in [0.25, 0.3) is 0 Å². The van der Waals surface area contributed by atoms with Gasteiger partial charge in [-0.1, -0.05) is 11.6 Å². The van der Waals surface area contributed by atoms with Crippen LogP contribution in [0.1, 0.15) is 28.4 Å². The van der Waals surface area contributed by atoms with Crippen molar-refractivity contribution in [3.63, 3.8) is 0 Å². The maximum Gasteiger partial charge on any atom is 0.159 e. The largest absolute Gasteiger partial charge is 0.368 e. The van der Waals surface area contributed by atoms with Crippen LogP contribution in [0.5, 0.6) is 0 Å². The standard InChI is InChI=1S/C19H16ClN5O/c1-13(26)14-2-4-17(5-3-14)24-6-8-25(9-7-24)19-16(12-22)10-15(11-21)18(20)23-19/h2-5,10H,6-9H2,1H3. The minimum Gasteiger partial charge on any atom is -0.368 e. The fourth-order valence-corrected chi connectivity index (χ4v) is 3.14. The molecule has 26 heavy (non-hydrogen) atoms. The third-order valence-corrected chi connectivity index (χ3v) is 4.70. The average molecular weight is 366 g/mol. The molecule has 7 heteroatoms. The summed E-state index contributed by atoms with van der Waals surface area (Å²) in [6, 6.07) is 13.1. The van der Waals surface area contributed by atoms with Crippen molar-refractivity contribution in [2.45, 2.75) is 6.92 Å². The molecular formula is C19H16ClN5O. The fraction of sp³-hybridized carbons (Fsp3) is 0.263. The summed E-state index contributed by atoms with van der Waals surface area (Å²) in [6.07, 6.45) is 0. The van der Waals surface area contributed by atoms with Gasteiger partial charge in [0.1, 0.15) is 23.1 Å². The van der Waals surface area contributed by atoms with Crippen molar-refractivity contribution in [1.29, 1.82) is 10.5 Å². The lowest BCUT2D eigenvalue weighted by molar-refractivity contribution is 0.101. The summed E-state index contributed by atoms with van der Waals surface area (Å²) in [5, 5.41) is 18.5. The Balaban J connectivity index is 1.75. The van der Waals surface area contributed by atoms with E-state index in [1.54, 1.807) is 6.92 Å². The molecule has 0 saturated carbocycles. The Bertz CT molecular complexity index is 919. The molecule has 0 spiro atoms. The van der Waals surface area contributed by atoms with Crippen LogP contribution < -0.4 is 9.80 Å². The Labute approximate surface area is 156 Å². The number of ketones is 1. The van der Waals surface area contributed by atoms with E-state index >= 15 is 0 Å². The second kappa shape index (κ2) is 7.43. The van der Waals surface area contributed by atoms with Gasteiger partial charge in [-0.3, -0.25) is 4.79 Å². The minimum absolute atomic E-state index is 0.0502. The third kappa shape index (κ3) is 3.46. The molecule has 0 amide bonds. The van der Waals surface area contributed by atoms with Crippen molar-refractivity contribution in [3.05, 3.63) is 52.2 Å². The van der Waals surface area contributed by atoms with Crippen LogP contribution in [0.15, 0.2) is 30.3 Å². The van der Waals surface area contributed by atoms with Crippen LogP contribution in [0.3, 0.4) is 0 Å². The first kappa shape index (κ1) is 17.7. The van der Waals surface area contributed by atoms with E-state index in [-0.39, 0.29) is 16.5 Å². The van der Waals surface area contributed by atoms with E-state index < -0.39 is 0 Å². The van der Waals surface area contributed by atoms with Crippen LogP contribution >= 0.6 is 11.6 Å². The smallest absolute Gasteiger partial charge is 0.159 e. The predicted octanol–water partition coefficient (Wildman–Crippen LogP) is 3.01. The zero-order chi connectivity index (χ0) is 18.7. The van der Waals surface area contributed by atoms with E-state index in [0.29, 0.717) is 30.0 Å². The highest BCUT2D eigenvalue weighted by Gasteiger charge is 2.22. The summed E-state index contributed by atoms with van der Waals surface area (Å²) in [6.45, 7) is 4.42. The Hall–Kier alpha value is -3.09. The first-order valence-electron chi connectivity index (χ1n) is 8.15. The summed E-state index contributed by atoms with van der Waals surface area (Å²) in [7, 11) is 0. The van der Waals surface area contributed by atoms with Gasteiger partial charge < -0.3 is 9.80 Å². The van der Waals surface area contributed by atoms with E-state index in [4.69, 9.17) is 16.9 Å². The van der Waals surface area contributed by atoms with Gasteiger partial charge in [-0.15, -0.1) is 0 Å². The molecule has 6 nitrogen and oxygen atoms in total. The molecule has 0 bridgehead atoms. The van der Waals surface area contributed by atoms with Crippen LogP contribution in [0.4, 0.5) is 11.5 Å². The lowest BCUT2D eigenvalue weighted by Crippen LogP contribution is -2.47. The number of benzene rings is 1. The molecule has 130 valence electrons. The molecule has 3 rings (SSSR count). The van der Waals surface area contributed by atoms with Crippen LogP contribution in [0.2, 0.25) is 5.15 Å². The van der Waals surface area contributed by atoms with Crippen molar-refractivity contribution in [2.24, 2.45) is 0 Å². The van der Waals surface area contributed by atoms with Crippen molar-refractivity contribution in [3.8, 4) is 12.1 Å². The number of nitriles is 2. The van der Waals surface area contributed by atoms with E-state index in [9.17, 15) is 10.1 Å². The number of hydrogen-bond donors (Lipinski definition) is 0. The first-order valence-corrected chi connectivity index (χ1v) is 8.53. The third-order valence-electron chi connectivity index (χ3n) is 4.41. The predicted molar refractivity (Wildman–Crippen MR) is 99.5 cm³/mol. The van der Waals surface area contributed by atoms with Gasteiger partial charge in [-0.2, -0.15) is 10.5 Å². The van der Waals surface area contributed by atoms with Gasteiger partial charge in [-0.25, -0.2) is 4.98 Å². The molecule has 0 unspecified atom stereocenters. The molecule has 0 atom stereocenters. The number of piperazine rings is 1. The van der Waals surface area contributed by atoms with Crippen LogP contribution in [-0.2, 0) is 0 Å². The summed E-state index contributed by atoms with van der Waals surface area (Å²) in [5.74, 6) is 0.567. The molecule has 1 fully saturated rings. The number of aromatic nitrogens is 1. The van der Waals surface area contributed by atoms with Crippen molar-refractivity contribution >= 4 is 28.9 Å². The Morgan fingerprint density at radius 2 is 1.62 bits per heavy atom. The second-order valence-corrected chi connectivity index (χ2v) is 6.36. The maximum atomic E-state index is 11.4. The lowest BCUT2D eigenvalue weighted by atomic mass is 10.1. The SMILES string of the molecule is CC(=O)c1ccc(N2CCN(c3nc(Cl)c(C#N)cc3C#N)CC2)cc1. The topological polar surface area (TPSA) is 84.0 Å². The number of anilines is 2. The number of hydrogen-bond acceptors (Lipinski definition) is 6. The van der Waals surface area contributed by atoms with E-state index in [1.165, 1.54) is 6.07 Å². The molecule has 1 aromatic heterocycles. The average Bonchev–Trinajstić information content (AvgIpc) is 2.68. The number of rotatable bonds is 3. The monoisotopic (exact) mass is 365 g/mol. The normalized spacial score (nSPS) is 13.8. The van der Waals surface area contributed by atoms with Crippen molar-refractivity contribution < 1.29 is 4.79 Å². The molecule has 2 aromatic rings. The summed E-state index contributed by atoms with van der Waals surface area (Å²) in [5.41, 5.74) is 2.31. The zero-order valence-corrected chi connectivity index (χ0v) is 15.0. The van der Waals surface area contributed by atoms with Gasteiger partial charge in [0.2, 0.25) is 0 Å². The highest BCUT2D eigenvalue weighted by molar-refractivity contribution is 6.30. The fourth-order valence-electron chi connectivity index (χ4n) is 2.97. The molecule has 0 aliphatic carbocycles. The van der Waals surface area contributed by atoms with Gasteiger partial charge in [-0.05, 0) is 37.3 Å². The van der Waals surface area contributed by atoms with Crippen LogP contribution in [0.25, 0.3) is 0 Å². The summed E-state index contributed by atoms with van der Waals surface area (Å²) < 4.78 is 0. The number of nitrogens with zero attached hydrogens (tertiary/aromatic N) is 5. The lowest BCUT2D eigenvalue weighted by Gasteiger charge is -2.37. The van der Waals surface area contributed by atoms with Crippen molar-refractivity contribution in [1.82, 2.24) is 4.98 Å². The van der Waals surface area contributed by atoms with Gasteiger partial charge in [0.05, 0.1) is 11.1 Å². The molecule has 1 saturated heterocycles. The van der Waals surface area contributed by atoms with E-state index in [2.05, 4.69) is 16.0 Å². The zero-order valence-electron chi connectivity index (χ0n) is 14.2. The number of carbonyl (C=O) groups is 1. The number of Topliss-reactive ketones (excluding diaryl/α,β-unsaturated/α-hetero) is 1. The highest BCUT2D eigenvalue weighted by Crippen LogP contribution is 2.26. The van der Waals surface area contributed by atoms with Crippen molar-refractivity contribution in [2.75, 3.05) is 36.0 Å². The van der Waals surface area contributed by atoms with Gasteiger partial charge in [0.15, 0.2) is 5.78 Å². The first-order chi connectivity index (χ1) is 12.5. The molecule has 2 heterocycles. The number of carbonyl (C=O) groups excluding carboxylic acids is 1. The molecule has 0 radical (unpaired) electrons. The van der Waals surface area contributed by atoms with E-state index in [1.807, 2.05) is 35.2 Å². The van der Waals surface area contributed by atoms with Crippen LogP contribution in [0, 0.1) is 22.7 Å².